The van der Waals surface area contributed by atoms with Crippen LogP contribution in [0.25, 0.3) is 0 Å². The SMILES string of the molecule is CCOC(=O)c1nnn(Cc2cncc(Br)c2)c1C(F)F. The van der Waals surface area contributed by atoms with Gasteiger partial charge in [0, 0.05) is 16.9 Å². The number of ether oxygens (including phenoxy) is 1. The topological polar surface area (TPSA) is 69.9 Å². The van der Waals surface area contributed by atoms with E-state index in [2.05, 4.69) is 31.2 Å². The van der Waals surface area contributed by atoms with Gasteiger partial charge in [-0.1, -0.05) is 5.21 Å². The lowest BCUT2D eigenvalue weighted by atomic mass is 10.2. The van der Waals surface area contributed by atoms with Gasteiger partial charge in [-0.25, -0.2) is 18.3 Å². The average molecular weight is 361 g/mol. The van der Waals surface area contributed by atoms with Crippen molar-refractivity contribution in [2.24, 2.45) is 0 Å². The summed E-state index contributed by atoms with van der Waals surface area (Å²) in [7, 11) is 0. The molecule has 9 heteroatoms. The number of aromatic nitrogens is 4. The van der Waals surface area contributed by atoms with Crippen LogP contribution < -0.4 is 0 Å². The van der Waals surface area contributed by atoms with E-state index in [-0.39, 0.29) is 13.2 Å². The molecule has 0 aromatic carbocycles. The van der Waals surface area contributed by atoms with E-state index in [4.69, 9.17) is 4.74 Å². The average Bonchev–Trinajstić information content (AvgIpc) is 2.83. The van der Waals surface area contributed by atoms with Crippen molar-refractivity contribution < 1.29 is 18.3 Å². The van der Waals surface area contributed by atoms with Crippen molar-refractivity contribution in [2.75, 3.05) is 6.61 Å². The minimum atomic E-state index is -2.89. The molecular formula is C12H11BrF2N4O2. The van der Waals surface area contributed by atoms with E-state index in [0.717, 1.165) is 4.68 Å². The Labute approximate surface area is 127 Å². The number of carbonyl (C=O) groups excluding carboxylic acids is 1. The van der Waals surface area contributed by atoms with Crippen LogP contribution in [-0.4, -0.2) is 32.6 Å². The van der Waals surface area contributed by atoms with Crippen LogP contribution in [0.5, 0.6) is 0 Å². The van der Waals surface area contributed by atoms with Crippen molar-refractivity contribution in [1.82, 2.24) is 20.0 Å². The molecule has 2 rings (SSSR count). The van der Waals surface area contributed by atoms with Gasteiger partial charge in [-0.3, -0.25) is 4.98 Å². The molecule has 0 saturated heterocycles. The lowest BCUT2D eigenvalue weighted by Gasteiger charge is -2.07. The fourth-order valence-electron chi connectivity index (χ4n) is 1.71. The van der Waals surface area contributed by atoms with E-state index in [1.165, 1.54) is 6.20 Å². The maximum Gasteiger partial charge on any atom is 0.361 e. The molecule has 0 fully saturated rings. The number of esters is 1. The van der Waals surface area contributed by atoms with Gasteiger partial charge in [-0.2, -0.15) is 0 Å². The minimum Gasteiger partial charge on any atom is -0.461 e. The molecule has 0 aliphatic rings. The molecule has 2 aromatic heterocycles. The number of halogens is 3. The van der Waals surface area contributed by atoms with Gasteiger partial charge in [0.2, 0.25) is 0 Å². The first-order valence-corrected chi connectivity index (χ1v) is 6.80. The molecule has 0 spiro atoms. The number of alkyl halides is 2. The Kier molecular flexibility index (Phi) is 4.94. The molecule has 2 aromatic rings. The largest absolute Gasteiger partial charge is 0.461 e. The predicted molar refractivity (Wildman–Crippen MR) is 72.0 cm³/mol. The quantitative estimate of drug-likeness (QED) is 0.766. The van der Waals surface area contributed by atoms with Crippen LogP contribution in [0.15, 0.2) is 22.9 Å². The monoisotopic (exact) mass is 360 g/mol. The normalized spacial score (nSPS) is 10.9. The number of hydrogen-bond acceptors (Lipinski definition) is 5. The molecule has 112 valence electrons. The summed E-state index contributed by atoms with van der Waals surface area (Å²) in [4.78, 5) is 15.5. The van der Waals surface area contributed by atoms with Crippen LogP contribution in [-0.2, 0) is 11.3 Å². The molecule has 21 heavy (non-hydrogen) atoms. The first-order chi connectivity index (χ1) is 10.0. The number of carbonyl (C=O) groups is 1. The van der Waals surface area contributed by atoms with Gasteiger partial charge >= 0.3 is 5.97 Å². The molecule has 6 nitrogen and oxygen atoms in total. The van der Waals surface area contributed by atoms with Crippen molar-refractivity contribution in [3.63, 3.8) is 0 Å². The van der Waals surface area contributed by atoms with Gasteiger partial charge in [0.1, 0.15) is 5.69 Å². The molecular weight excluding hydrogens is 350 g/mol. The van der Waals surface area contributed by atoms with Gasteiger partial charge in [0.15, 0.2) is 5.69 Å². The molecule has 0 saturated carbocycles. The second-order valence-electron chi connectivity index (χ2n) is 4.01. The highest BCUT2D eigenvalue weighted by atomic mass is 79.9. The third-order valence-corrected chi connectivity index (χ3v) is 2.98. The lowest BCUT2D eigenvalue weighted by Crippen LogP contribution is -2.12. The highest BCUT2D eigenvalue weighted by Crippen LogP contribution is 2.23. The lowest BCUT2D eigenvalue weighted by molar-refractivity contribution is 0.0506. The van der Waals surface area contributed by atoms with Crippen molar-refractivity contribution in [1.29, 1.82) is 0 Å². The van der Waals surface area contributed by atoms with Crippen LogP contribution in [0, 0.1) is 0 Å². The summed E-state index contributed by atoms with van der Waals surface area (Å²) >= 11 is 3.24. The summed E-state index contributed by atoms with van der Waals surface area (Å²) in [6, 6.07) is 1.72. The maximum absolute atomic E-state index is 13.2. The fourth-order valence-corrected chi connectivity index (χ4v) is 2.13. The summed E-state index contributed by atoms with van der Waals surface area (Å²) in [5, 5.41) is 7.11. The standard InChI is InChI=1S/C12H11BrF2N4O2/c1-2-21-12(20)9-10(11(14)15)19(18-17-9)6-7-3-8(13)5-16-4-7/h3-5,11H,2,6H2,1H3. The van der Waals surface area contributed by atoms with Crippen molar-refractivity contribution in [2.45, 2.75) is 19.9 Å². The van der Waals surface area contributed by atoms with Gasteiger partial charge in [0.25, 0.3) is 6.43 Å². The molecule has 0 amide bonds. The van der Waals surface area contributed by atoms with Crippen LogP contribution in [0.1, 0.15) is 35.1 Å². The predicted octanol–water partition coefficient (Wildman–Crippen LogP) is 2.60. The minimum absolute atomic E-state index is 0.0263. The zero-order valence-electron chi connectivity index (χ0n) is 11.0. The van der Waals surface area contributed by atoms with E-state index in [9.17, 15) is 13.6 Å². The third kappa shape index (κ3) is 3.60. The van der Waals surface area contributed by atoms with Crippen LogP contribution in [0.2, 0.25) is 0 Å². The Hall–Kier alpha value is -1.90. The van der Waals surface area contributed by atoms with E-state index in [0.29, 0.717) is 10.0 Å². The zero-order valence-corrected chi connectivity index (χ0v) is 12.5. The Morgan fingerprint density at radius 3 is 2.86 bits per heavy atom. The van der Waals surface area contributed by atoms with Gasteiger partial charge in [-0.05, 0) is 34.5 Å². The molecule has 0 bridgehead atoms. The molecule has 0 N–H and O–H groups in total. The van der Waals surface area contributed by atoms with Crippen molar-refractivity contribution >= 4 is 21.9 Å². The smallest absolute Gasteiger partial charge is 0.361 e. The fraction of sp³-hybridized carbons (Fsp3) is 0.333. The zero-order chi connectivity index (χ0) is 15.4. The Bertz CT molecular complexity index is 648. The summed E-state index contributed by atoms with van der Waals surface area (Å²) in [5.41, 5.74) is -0.380. The van der Waals surface area contributed by atoms with Gasteiger partial charge in [0.05, 0.1) is 13.2 Å². The molecule has 0 unspecified atom stereocenters. The molecule has 0 atom stereocenters. The van der Waals surface area contributed by atoms with E-state index in [1.54, 1.807) is 19.2 Å². The first-order valence-electron chi connectivity index (χ1n) is 6.01. The number of hydrogen-bond donors (Lipinski definition) is 0. The molecule has 2 heterocycles. The first kappa shape index (κ1) is 15.5. The molecule has 0 aliphatic heterocycles. The van der Waals surface area contributed by atoms with Crippen LogP contribution >= 0.6 is 15.9 Å². The van der Waals surface area contributed by atoms with Crippen molar-refractivity contribution in [3.8, 4) is 0 Å². The summed E-state index contributed by atoms with van der Waals surface area (Å²) in [5.74, 6) is -0.911. The van der Waals surface area contributed by atoms with Crippen LogP contribution in [0.4, 0.5) is 8.78 Å². The Balaban J connectivity index is 2.34. The van der Waals surface area contributed by atoms with E-state index in [1.807, 2.05) is 0 Å². The van der Waals surface area contributed by atoms with Crippen LogP contribution in [0.3, 0.4) is 0 Å². The molecule has 0 aliphatic carbocycles. The summed E-state index contributed by atoms with van der Waals surface area (Å²) in [6.45, 7) is 1.68. The van der Waals surface area contributed by atoms with E-state index >= 15 is 0 Å². The second-order valence-corrected chi connectivity index (χ2v) is 4.93. The van der Waals surface area contributed by atoms with Gasteiger partial charge in [-0.15, -0.1) is 5.10 Å². The Morgan fingerprint density at radius 2 is 2.24 bits per heavy atom. The number of rotatable bonds is 5. The van der Waals surface area contributed by atoms with E-state index < -0.39 is 23.8 Å². The molecule has 0 radical (unpaired) electrons. The third-order valence-electron chi connectivity index (χ3n) is 2.54. The highest BCUT2D eigenvalue weighted by molar-refractivity contribution is 9.10. The number of nitrogens with zero attached hydrogens (tertiary/aromatic N) is 4. The summed E-state index contributed by atoms with van der Waals surface area (Å²) < 4.78 is 32.7. The Morgan fingerprint density at radius 1 is 1.48 bits per heavy atom. The van der Waals surface area contributed by atoms with Gasteiger partial charge < -0.3 is 4.74 Å². The highest BCUT2D eigenvalue weighted by Gasteiger charge is 2.27. The van der Waals surface area contributed by atoms with Crippen molar-refractivity contribution in [3.05, 3.63) is 39.9 Å². The maximum atomic E-state index is 13.2. The second kappa shape index (κ2) is 6.70. The summed E-state index contributed by atoms with van der Waals surface area (Å²) in [6.07, 6.45) is 0.203. The number of pyridine rings is 1.